The van der Waals surface area contributed by atoms with Gasteiger partial charge in [0.15, 0.2) is 0 Å². The lowest BCUT2D eigenvalue weighted by atomic mass is 9.90. The fourth-order valence-electron chi connectivity index (χ4n) is 8.52. The van der Waals surface area contributed by atoms with E-state index in [1.54, 1.807) is 7.05 Å². The number of hydrogen-bond acceptors (Lipinski definition) is 8. The van der Waals surface area contributed by atoms with E-state index in [2.05, 4.69) is 75.1 Å². The van der Waals surface area contributed by atoms with Gasteiger partial charge in [-0.05, 0) is 138 Å². The van der Waals surface area contributed by atoms with Gasteiger partial charge in [-0.25, -0.2) is 16.8 Å². The third-order valence-corrected chi connectivity index (χ3v) is 19.7. The van der Waals surface area contributed by atoms with E-state index in [0.29, 0.717) is 45.1 Å². The summed E-state index contributed by atoms with van der Waals surface area (Å²) in [6.45, 7) is 18.7. The highest BCUT2D eigenvalue weighted by Crippen LogP contribution is 2.30. The second-order valence-corrected chi connectivity index (χ2v) is 27.9. The third-order valence-electron chi connectivity index (χ3n) is 13.7. The first-order valence-corrected chi connectivity index (χ1v) is 32.3. The maximum atomic E-state index is 12.5. The molecule has 0 saturated carbocycles. The average Bonchev–Trinajstić information content (AvgIpc) is 3.40. The number of rotatable bonds is 22. The first kappa shape index (κ1) is 68.8. The lowest BCUT2D eigenvalue weighted by Crippen LogP contribution is -2.58. The molecule has 0 amide bonds. The van der Waals surface area contributed by atoms with Gasteiger partial charge in [0.25, 0.3) is 20.4 Å². The summed E-state index contributed by atoms with van der Waals surface area (Å²) in [5, 5.41) is 0. The Morgan fingerprint density at radius 1 is 0.675 bits per heavy atom. The molecule has 2 fully saturated rings. The highest BCUT2D eigenvalue weighted by Gasteiger charge is 2.39. The minimum Gasteiger partial charge on any atom is -0.204 e. The molecule has 0 radical (unpaired) electrons. The zero-order chi connectivity index (χ0) is 59.6. The Bertz CT molecular complexity index is 3140. The molecular formula is C56H84N12O8S4. The first-order valence-electron chi connectivity index (χ1n) is 26.7. The summed E-state index contributed by atoms with van der Waals surface area (Å²) in [5.41, 5.74) is 22.4. The Hall–Kier alpha value is -5.46. The lowest BCUT2D eigenvalue weighted by Gasteiger charge is -2.39. The number of hydrogen-bond donors (Lipinski definition) is 2. The van der Waals surface area contributed by atoms with Gasteiger partial charge in [0.1, 0.15) is 0 Å². The quantitative estimate of drug-likeness (QED) is 0.0330. The molecule has 6 rings (SSSR count). The highest BCUT2D eigenvalue weighted by atomic mass is 32.2. The van der Waals surface area contributed by atoms with Crippen molar-refractivity contribution in [3.05, 3.63) is 188 Å². The van der Waals surface area contributed by atoms with E-state index >= 15 is 0 Å². The van der Waals surface area contributed by atoms with Gasteiger partial charge in [-0.1, -0.05) is 158 Å². The van der Waals surface area contributed by atoms with E-state index in [4.69, 9.17) is 11.1 Å². The Balaban J connectivity index is 0.000000283. The third kappa shape index (κ3) is 24.3. The van der Waals surface area contributed by atoms with Gasteiger partial charge in [0.2, 0.25) is 0 Å². The molecule has 440 valence electrons. The van der Waals surface area contributed by atoms with E-state index in [1.807, 2.05) is 142 Å². The maximum Gasteiger partial charge on any atom is 0.302 e. The van der Waals surface area contributed by atoms with Crippen LogP contribution in [-0.2, 0) is 59.5 Å². The van der Waals surface area contributed by atoms with Crippen molar-refractivity contribution in [2.24, 2.45) is 15.0 Å². The number of nitrogens with zero attached hydrogens (tertiary/aromatic N) is 10. The monoisotopic (exact) mass is 1180 g/mol. The van der Waals surface area contributed by atoms with Crippen LogP contribution in [-0.4, -0.2) is 96.7 Å². The van der Waals surface area contributed by atoms with E-state index < -0.39 is 46.4 Å². The van der Waals surface area contributed by atoms with Crippen LogP contribution in [0.15, 0.2) is 154 Å². The minimum absolute atomic E-state index is 0.211. The molecule has 4 atom stereocenters. The molecule has 2 aliphatic heterocycles. The highest BCUT2D eigenvalue weighted by molar-refractivity contribution is 7.88. The van der Waals surface area contributed by atoms with E-state index in [1.165, 1.54) is 31.1 Å². The van der Waals surface area contributed by atoms with Crippen LogP contribution in [0.1, 0.15) is 135 Å². The van der Waals surface area contributed by atoms with Crippen molar-refractivity contribution >= 4 is 40.8 Å². The molecule has 0 spiro atoms. The molecule has 0 unspecified atom stereocenters. The molecule has 20 nitrogen and oxygen atoms in total. The normalized spacial score (nSPS) is 19.6. The van der Waals surface area contributed by atoms with Crippen LogP contribution in [0.5, 0.6) is 0 Å². The maximum absolute atomic E-state index is 12.5. The van der Waals surface area contributed by atoms with Crippen LogP contribution >= 0.6 is 0 Å². The van der Waals surface area contributed by atoms with Crippen molar-refractivity contribution in [3.8, 4) is 0 Å². The zero-order valence-corrected chi connectivity index (χ0v) is 51.4. The van der Waals surface area contributed by atoms with Crippen LogP contribution in [0.4, 0.5) is 0 Å². The second kappa shape index (κ2) is 32.8. The summed E-state index contributed by atoms with van der Waals surface area (Å²) in [7, 11) is -11.6. The second-order valence-electron chi connectivity index (χ2n) is 21.2. The van der Waals surface area contributed by atoms with Crippen molar-refractivity contribution < 1.29 is 33.7 Å². The Morgan fingerprint density at radius 3 is 1.71 bits per heavy atom. The van der Waals surface area contributed by atoms with Gasteiger partial charge in [0, 0.05) is 77.8 Å². The van der Waals surface area contributed by atoms with E-state index in [9.17, 15) is 33.7 Å². The lowest BCUT2D eigenvalue weighted by molar-refractivity contribution is 0.262. The molecule has 80 heavy (non-hydrogen) atoms. The predicted octanol–water partition coefficient (Wildman–Crippen LogP) is 11.8. The molecule has 2 N–H and O–H groups in total. The summed E-state index contributed by atoms with van der Waals surface area (Å²) in [4.78, 5) is 4.76. The number of allylic oxidation sites excluding steroid dienone is 4. The predicted molar refractivity (Wildman–Crippen MR) is 321 cm³/mol. The average molecular weight is 1180 g/mol. The SMILES string of the molecule is CC(C)=CCC[C@@H](C)CCN(Cc1ccccc1)S(=O)(=O)N=[N+]=[N-].CC(C)=CCC[C@@]1(C)CCN(Cc2ccccc2)S(=O)(=O)N1.CN1CC[C@](C)(c2ccccc2)NS1(=O)=O.C[C@@H](CCN(C)S(=O)(=O)N=[N+]=[N-])c1ccccc1. The van der Waals surface area contributed by atoms with Gasteiger partial charge >= 0.3 is 20.4 Å². The van der Waals surface area contributed by atoms with Crippen LogP contribution in [0.25, 0.3) is 20.9 Å². The standard InChI is InChI=1S/C17H26N4O2S.C17H26N2O2S.C11H16N4O2S.C11H16N2O2S/c1-15(2)8-7-9-16(3)12-13-21(24(22,23)20-19-18)14-17-10-5-4-6-11-17;1-15(2)8-7-11-17(3)12-13-19(22(20,21)18-17)14-16-9-5-4-6-10-16;1-10(11-6-4-3-5-7-11)8-9-15(2)18(16,17)14-13-12;1-11(10-6-4-3-5-7-10)8-9-13(2)16(14,15)12-11/h4-6,8,10-11,16H,7,9,12-14H2,1-3H3;4-6,8-10,18H,7,11-14H2,1-3H3;3-7,10H,8-9H2,1-2H3;3-7,12H,8-9H2,1-2H3/t16-;17-;10-;11-/m1001/s1. The molecule has 2 heterocycles. The fourth-order valence-corrected chi connectivity index (χ4v) is 12.8. The van der Waals surface area contributed by atoms with Gasteiger partial charge in [0.05, 0.1) is 5.54 Å². The summed E-state index contributed by atoms with van der Waals surface area (Å²) in [5.74, 6) is 0.634. The van der Waals surface area contributed by atoms with Crippen molar-refractivity contribution in [2.45, 2.75) is 137 Å². The molecule has 4 aromatic carbocycles. The Kier molecular flexibility index (Phi) is 28.3. The molecule has 2 saturated heterocycles. The largest absolute Gasteiger partial charge is 0.302 e. The Morgan fingerprint density at radius 2 is 1.19 bits per heavy atom. The van der Waals surface area contributed by atoms with Crippen molar-refractivity contribution in [2.75, 3.05) is 40.3 Å². The first-order chi connectivity index (χ1) is 37.6. The van der Waals surface area contributed by atoms with Gasteiger partial charge in [-0.15, -0.1) is 0 Å². The van der Waals surface area contributed by atoms with Crippen LogP contribution < -0.4 is 9.44 Å². The number of nitrogens with one attached hydrogen (secondary N) is 2. The molecule has 4 aromatic rings. The van der Waals surface area contributed by atoms with Crippen molar-refractivity contribution in [3.63, 3.8) is 0 Å². The summed E-state index contributed by atoms with van der Waals surface area (Å²) < 4.78 is 112. The van der Waals surface area contributed by atoms with Crippen molar-refractivity contribution in [1.82, 2.24) is 26.7 Å². The summed E-state index contributed by atoms with van der Waals surface area (Å²) >= 11 is 0. The minimum atomic E-state index is -3.97. The fraction of sp³-hybridized carbons (Fsp3) is 0.500. The Labute approximate surface area is 478 Å². The summed E-state index contributed by atoms with van der Waals surface area (Å²) in [6, 6.07) is 38.6. The molecule has 24 heteroatoms. The topological polar surface area (TPSA) is 271 Å². The number of benzene rings is 4. The molecule has 2 aliphatic rings. The molecule has 0 aliphatic carbocycles. The summed E-state index contributed by atoms with van der Waals surface area (Å²) in [6.07, 6.45) is 11.1. The van der Waals surface area contributed by atoms with Gasteiger partial charge in [-0.3, -0.25) is 0 Å². The van der Waals surface area contributed by atoms with Gasteiger partial charge in [-0.2, -0.15) is 43.5 Å². The molecule has 0 aromatic heterocycles. The van der Waals surface area contributed by atoms with Gasteiger partial charge < -0.3 is 0 Å². The smallest absolute Gasteiger partial charge is 0.204 e. The number of azide groups is 2. The van der Waals surface area contributed by atoms with Crippen LogP contribution in [0, 0.1) is 5.92 Å². The van der Waals surface area contributed by atoms with E-state index in [-0.39, 0.29) is 18.0 Å². The van der Waals surface area contributed by atoms with Crippen LogP contribution in [0.2, 0.25) is 0 Å². The van der Waals surface area contributed by atoms with E-state index in [0.717, 1.165) is 71.5 Å². The van der Waals surface area contributed by atoms with Crippen LogP contribution in [0.3, 0.4) is 0 Å². The molecular weight excluding hydrogens is 1100 g/mol. The molecule has 0 bridgehead atoms. The van der Waals surface area contributed by atoms with Crippen molar-refractivity contribution in [1.29, 1.82) is 0 Å². The zero-order valence-electron chi connectivity index (χ0n) is 48.1.